The highest BCUT2D eigenvalue weighted by molar-refractivity contribution is 5.80. The summed E-state index contributed by atoms with van der Waals surface area (Å²) in [5.41, 5.74) is 3.01. The maximum atomic E-state index is 13.1. The second-order valence-electron chi connectivity index (χ2n) is 5.98. The van der Waals surface area contributed by atoms with Gasteiger partial charge < -0.3 is 5.11 Å². The first kappa shape index (κ1) is 14.3. The number of halogens is 1. The molecule has 2 rings (SSSR count). The zero-order valence-corrected chi connectivity index (χ0v) is 12.0. The number of aromatic hydroxyl groups is 1. The lowest BCUT2D eigenvalue weighted by Gasteiger charge is -2.17. The Morgan fingerprint density at radius 3 is 1.80 bits per heavy atom. The van der Waals surface area contributed by atoms with Gasteiger partial charge in [-0.25, -0.2) is 4.39 Å². The molecule has 0 unspecified atom stereocenters. The van der Waals surface area contributed by atoms with Crippen LogP contribution in [0.2, 0.25) is 0 Å². The molecule has 1 nitrogen and oxygen atoms in total. The summed E-state index contributed by atoms with van der Waals surface area (Å²) in [4.78, 5) is 0. The molecule has 0 heterocycles. The van der Waals surface area contributed by atoms with Crippen LogP contribution in [0.1, 0.15) is 31.9 Å². The maximum absolute atomic E-state index is 13.1. The van der Waals surface area contributed by atoms with Gasteiger partial charge in [0.05, 0.1) is 0 Å². The summed E-state index contributed by atoms with van der Waals surface area (Å²) in [5, 5.41) is 9.41. The van der Waals surface area contributed by atoms with E-state index in [2.05, 4.69) is 26.8 Å². The summed E-state index contributed by atoms with van der Waals surface area (Å²) in [6.07, 6.45) is 2.16. The van der Waals surface area contributed by atoms with E-state index in [-0.39, 0.29) is 17.0 Å². The molecule has 104 valence electrons. The monoisotopic (exact) mass is 270 g/mol. The van der Waals surface area contributed by atoms with E-state index in [1.165, 1.54) is 12.1 Å². The molecule has 2 heteroatoms. The molecule has 0 amide bonds. The molecule has 0 aliphatic heterocycles. The topological polar surface area (TPSA) is 20.2 Å². The first-order valence-corrected chi connectivity index (χ1v) is 6.63. The first-order chi connectivity index (χ1) is 9.35. The highest BCUT2D eigenvalue weighted by Gasteiger charge is 2.12. The molecule has 0 aromatic heterocycles. The van der Waals surface area contributed by atoms with E-state index in [0.717, 1.165) is 16.7 Å². The van der Waals surface area contributed by atoms with Crippen molar-refractivity contribution in [3.63, 3.8) is 0 Å². The van der Waals surface area contributed by atoms with Crippen LogP contribution in [-0.4, -0.2) is 5.11 Å². The molecule has 0 atom stereocenters. The van der Waals surface area contributed by atoms with Crippen LogP contribution in [-0.2, 0) is 0 Å². The molecule has 1 N–H and O–H groups in total. The Morgan fingerprint density at radius 1 is 0.900 bits per heavy atom. The zero-order valence-electron chi connectivity index (χ0n) is 12.0. The van der Waals surface area contributed by atoms with Crippen molar-refractivity contribution in [2.75, 3.05) is 0 Å². The largest absolute Gasteiger partial charge is 0.508 e. The van der Waals surface area contributed by atoms with Gasteiger partial charge in [-0.2, -0.15) is 0 Å². The van der Waals surface area contributed by atoms with Crippen LogP contribution < -0.4 is 0 Å². The highest BCUT2D eigenvalue weighted by Crippen LogP contribution is 2.30. The van der Waals surface area contributed by atoms with Gasteiger partial charge >= 0.3 is 0 Å². The standard InChI is InChI=1S/C18H19FO/c1-18(2,3)12-17(13-4-8-15(19)9-5-13)14-6-10-16(20)11-7-14/h4-12,20H,1-3H3/b17-12-. The quantitative estimate of drug-likeness (QED) is 0.813. The molecule has 0 fully saturated rings. The molecule has 20 heavy (non-hydrogen) atoms. The van der Waals surface area contributed by atoms with Crippen molar-refractivity contribution in [1.82, 2.24) is 0 Å². The second-order valence-corrected chi connectivity index (χ2v) is 5.98. The van der Waals surface area contributed by atoms with Crippen molar-refractivity contribution in [3.8, 4) is 5.75 Å². The maximum Gasteiger partial charge on any atom is 0.123 e. The van der Waals surface area contributed by atoms with Gasteiger partial charge in [0.1, 0.15) is 11.6 Å². The van der Waals surface area contributed by atoms with Gasteiger partial charge in [0, 0.05) is 0 Å². The Labute approximate surface area is 119 Å². The van der Waals surface area contributed by atoms with E-state index < -0.39 is 0 Å². The summed E-state index contributed by atoms with van der Waals surface area (Å²) in [5.74, 6) is -0.00229. The fraction of sp³-hybridized carbons (Fsp3) is 0.222. The van der Waals surface area contributed by atoms with Gasteiger partial charge in [-0.15, -0.1) is 0 Å². The van der Waals surface area contributed by atoms with Gasteiger partial charge in [0.2, 0.25) is 0 Å². The fourth-order valence-corrected chi connectivity index (χ4v) is 2.04. The summed E-state index contributed by atoms with van der Waals surface area (Å²) in [6, 6.07) is 13.6. The minimum Gasteiger partial charge on any atom is -0.508 e. The molecule has 0 saturated carbocycles. The van der Waals surface area contributed by atoms with Crippen LogP contribution in [0.25, 0.3) is 5.57 Å². The number of allylic oxidation sites excluding steroid dienone is 1. The SMILES string of the molecule is CC(C)(C)/C=C(\c1ccc(O)cc1)c1ccc(F)cc1. The first-order valence-electron chi connectivity index (χ1n) is 6.63. The zero-order chi connectivity index (χ0) is 14.8. The minimum atomic E-state index is -0.241. The summed E-state index contributed by atoms with van der Waals surface area (Å²) < 4.78 is 13.1. The lowest BCUT2D eigenvalue weighted by molar-refractivity contribution is 0.475. The molecule has 2 aromatic rings. The molecule has 0 aliphatic rings. The lowest BCUT2D eigenvalue weighted by Crippen LogP contribution is -2.02. The molecule has 0 aliphatic carbocycles. The van der Waals surface area contributed by atoms with E-state index in [4.69, 9.17) is 0 Å². The van der Waals surface area contributed by atoms with E-state index in [1.54, 1.807) is 24.3 Å². The van der Waals surface area contributed by atoms with Gasteiger partial charge in [-0.05, 0) is 46.4 Å². The number of hydrogen-bond donors (Lipinski definition) is 1. The van der Waals surface area contributed by atoms with Crippen LogP contribution in [0, 0.1) is 11.2 Å². The molecular formula is C18H19FO. The summed E-state index contributed by atoms with van der Waals surface area (Å²) >= 11 is 0. The number of phenols is 1. The summed E-state index contributed by atoms with van der Waals surface area (Å²) in [7, 11) is 0. The van der Waals surface area contributed by atoms with E-state index >= 15 is 0 Å². The third kappa shape index (κ3) is 3.70. The molecular weight excluding hydrogens is 251 g/mol. The lowest BCUT2D eigenvalue weighted by atomic mass is 9.88. The predicted octanol–water partition coefficient (Wildman–Crippen LogP) is 5.01. The molecule has 0 bridgehead atoms. The highest BCUT2D eigenvalue weighted by atomic mass is 19.1. The number of rotatable bonds is 2. The van der Waals surface area contributed by atoms with Gasteiger partial charge in [0.25, 0.3) is 0 Å². The molecule has 0 saturated heterocycles. The average Bonchev–Trinajstić information content (AvgIpc) is 2.37. The van der Waals surface area contributed by atoms with Crippen LogP contribution in [0.5, 0.6) is 5.75 Å². The van der Waals surface area contributed by atoms with Gasteiger partial charge in [-0.1, -0.05) is 51.1 Å². The Morgan fingerprint density at radius 2 is 1.35 bits per heavy atom. The Balaban J connectivity index is 2.53. The Kier molecular flexibility index (Phi) is 3.93. The van der Waals surface area contributed by atoms with Crippen LogP contribution in [0.15, 0.2) is 54.6 Å². The van der Waals surface area contributed by atoms with Crippen LogP contribution in [0.3, 0.4) is 0 Å². The van der Waals surface area contributed by atoms with Crippen molar-refractivity contribution in [3.05, 3.63) is 71.6 Å². The minimum absolute atomic E-state index is 0.00159. The second kappa shape index (κ2) is 5.49. The van der Waals surface area contributed by atoms with Crippen molar-refractivity contribution >= 4 is 5.57 Å². The molecule has 2 aromatic carbocycles. The van der Waals surface area contributed by atoms with Crippen molar-refractivity contribution in [2.24, 2.45) is 5.41 Å². The van der Waals surface area contributed by atoms with Crippen LogP contribution in [0.4, 0.5) is 4.39 Å². The number of benzene rings is 2. The molecule has 0 spiro atoms. The third-order valence-corrected chi connectivity index (χ3v) is 2.91. The Bertz CT molecular complexity index is 554. The normalized spacial score (nSPS) is 12.5. The third-order valence-electron chi connectivity index (χ3n) is 2.91. The van der Waals surface area contributed by atoms with E-state index in [1.807, 2.05) is 12.1 Å². The average molecular weight is 270 g/mol. The van der Waals surface area contributed by atoms with Crippen molar-refractivity contribution < 1.29 is 9.50 Å². The Hall–Kier alpha value is -2.09. The molecule has 0 radical (unpaired) electrons. The van der Waals surface area contributed by atoms with Gasteiger partial charge in [0.15, 0.2) is 0 Å². The fourth-order valence-electron chi connectivity index (χ4n) is 2.04. The predicted molar refractivity (Wildman–Crippen MR) is 81.0 cm³/mol. The number of hydrogen-bond acceptors (Lipinski definition) is 1. The van der Waals surface area contributed by atoms with E-state index in [0.29, 0.717) is 0 Å². The van der Waals surface area contributed by atoms with Crippen LogP contribution >= 0.6 is 0 Å². The van der Waals surface area contributed by atoms with Crippen molar-refractivity contribution in [1.29, 1.82) is 0 Å². The van der Waals surface area contributed by atoms with E-state index in [9.17, 15) is 9.50 Å². The van der Waals surface area contributed by atoms with Crippen molar-refractivity contribution in [2.45, 2.75) is 20.8 Å². The number of phenolic OH excluding ortho intramolecular Hbond substituents is 1. The smallest absolute Gasteiger partial charge is 0.123 e. The van der Waals surface area contributed by atoms with Gasteiger partial charge in [-0.3, -0.25) is 0 Å². The summed E-state index contributed by atoms with van der Waals surface area (Å²) in [6.45, 7) is 6.37.